The number of rotatable bonds is 7. The molecule has 2 aliphatic rings. The number of fused-ring (bicyclic) bond motifs is 1. The molecule has 0 N–H and O–H groups in total. The summed E-state index contributed by atoms with van der Waals surface area (Å²) in [5.41, 5.74) is 0.799. The van der Waals surface area contributed by atoms with Gasteiger partial charge in [-0.1, -0.05) is 12.1 Å². The van der Waals surface area contributed by atoms with Gasteiger partial charge in [-0.3, -0.25) is 19.3 Å². The van der Waals surface area contributed by atoms with Gasteiger partial charge in [0.2, 0.25) is 5.91 Å². The van der Waals surface area contributed by atoms with Crippen molar-refractivity contribution in [1.29, 1.82) is 0 Å². The predicted octanol–water partition coefficient (Wildman–Crippen LogP) is 2.26. The molecule has 164 valence electrons. The number of furan rings is 1. The largest absolute Gasteiger partial charge is 0.468 e. The van der Waals surface area contributed by atoms with Crippen LogP contribution in [0, 0.1) is 0 Å². The van der Waals surface area contributed by atoms with Crippen molar-refractivity contribution in [2.75, 3.05) is 19.6 Å². The number of amides is 3. The van der Waals surface area contributed by atoms with Gasteiger partial charge in [0.1, 0.15) is 11.5 Å². The molecule has 1 saturated heterocycles. The maximum Gasteiger partial charge on any atom is 0.261 e. The van der Waals surface area contributed by atoms with E-state index in [0.29, 0.717) is 49.2 Å². The van der Waals surface area contributed by atoms with Gasteiger partial charge in [-0.25, -0.2) is 8.42 Å². The highest BCUT2D eigenvalue weighted by atomic mass is 32.2. The monoisotopic (exact) mass is 444 g/mol. The van der Waals surface area contributed by atoms with E-state index in [-0.39, 0.29) is 36.4 Å². The van der Waals surface area contributed by atoms with Crippen molar-refractivity contribution in [3.63, 3.8) is 0 Å². The fourth-order valence-corrected chi connectivity index (χ4v) is 5.89. The second kappa shape index (κ2) is 8.66. The van der Waals surface area contributed by atoms with Crippen LogP contribution < -0.4 is 0 Å². The fraction of sp³-hybridized carbons (Fsp3) is 0.409. The van der Waals surface area contributed by atoms with E-state index in [2.05, 4.69) is 0 Å². The maximum atomic E-state index is 12.6. The molecule has 0 unspecified atom stereocenters. The first-order valence-electron chi connectivity index (χ1n) is 10.3. The standard InChI is InChI=1S/C22H24N2O6S/c25-20(8-3-11-24-21(26)18-6-1-2-7-19(18)22(24)27)23-12-9-17(10-13-23)31(28,29)15-16-5-4-14-30-16/h1-2,4-7,14,17H,3,8-13,15H2. The summed E-state index contributed by atoms with van der Waals surface area (Å²) in [6.45, 7) is 0.952. The lowest BCUT2D eigenvalue weighted by molar-refractivity contribution is -0.132. The summed E-state index contributed by atoms with van der Waals surface area (Å²) in [5.74, 6) is -0.435. The molecule has 0 bridgehead atoms. The number of likely N-dealkylation sites (tertiary alicyclic amines) is 1. The van der Waals surface area contributed by atoms with Gasteiger partial charge < -0.3 is 9.32 Å². The Labute approximate surface area is 180 Å². The molecule has 3 heterocycles. The van der Waals surface area contributed by atoms with Gasteiger partial charge in [0, 0.05) is 26.1 Å². The molecule has 0 aliphatic carbocycles. The zero-order valence-corrected chi connectivity index (χ0v) is 17.8. The molecule has 3 amide bonds. The molecule has 0 saturated carbocycles. The first kappa shape index (κ1) is 21.3. The van der Waals surface area contributed by atoms with Crippen LogP contribution in [0.3, 0.4) is 0 Å². The number of carbonyl (C=O) groups is 3. The molecule has 1 fully saturated rings. The van der Waals surface area contributed by atoms with Crippen molar-refractivity contribution in [3.05, 3.63) is 59.5 Å². The topological polar surface area (TPSA) is 105 Å². The fourth-order valence-electron chi connectivity index (χ4n) is 4.16. The van der Waals surface area contributed by atoms with Crippen molar-refractivity contribution in [2.24, 2.45) is 0 Å². The molecule has 9 heteroatoms. The number of imide groups is 1. The lowest BCUT2D eigenvalue weighted by Gasteiger charge is -2.31. The summed E-state index contributed by atoms with van der Waals surface area (Å²) < 4.78 is 30.3. The Kier molecular flexibility index (Phi) is 5.95. The zero-order valence-electron chi connectivity index (χ0n) is 17.0. The van der Waals surface area contributed by atoms with Crippen LogP contribution in [0.25, 0.3) is 0 Å². The van der Waals surface area contributed by atoms with Crippen molar-refractivity contribution in [3.8, 4) is 0 Å². The third-order valence-corrected chi connectivity index (χ3v) is 8.05. The zero-order chi connectivity index (χ0) is 22.0. The summed E-state index contributed by atoms with van der Waals surface area (Å²) >= 11 is 0. The van der Waals surface area contributed by atoms with Crippen LogP contribution in [-0.2, 0) is 20.4 Å². The Bertz CT molecular complexity index is 1050. The van der Waals surface area contributed by atoms with Crippen molar-refractivity contribution < 1.29 is 27.2 Å². The summed E-state index contributed by atoms with van der Waals surface area (Å²) in [6, 6.07) is 10.00. The van der Waals surface area contributed by atoms with Crippen LogP contribution in [0.5, 0.6) is 0 Å². The Morgan fingerprint density at radius 3 is 2.23 bits per heavy atom. The molecule has 31 heavy (non-hydrogen) atoms. The van der Waals surface area contributed by atoms with Gasteiger partial charge in [0.15, 0.2) is 9.84 Å². The minimum Gasteiger partial charge on any atom is -0.468 e. The summed E-state index contributed by atoms with van der Waals surface area (Å²) in [6.07, 6.45) is 2.83. The molecule has 0 radical (unpaired) electrons. The highest BCUT2D eigenvalue weighted by Gasteiger charge is 2.35. The van der Waals surface area contributed by atoms with E-state index in [4.69, 9.17) is 4.42 Å². The number of benzene rings is 1. The van der Waals surface area contributed by atoms with Gasteiger partial charge in [0.05, 0.1) is 22.6 Å². The maximum absolute atomic E-state index is 12.6. The molecule has 0 atom stereocenters. The van der Waals surface area contributed by atoms with Crippen LogP contribution in [0.2, 0.25) is 0 Å². The number of sulfone groups is 1. The first-order chi connectivity index (χ1) is 14.9. The first-order valence-corrected chi connectivity index (χ1v) is 12.1. The van der Waals surface area contributed by atoms with Crippen molar-refractivity contribution in [2.45, 2.75) is 36.7 Å². The smallest absolute Gasteiger partial charge is 0.261 e. The molecule has 4 rings (SSSR count). The van der Waals surface area contributed by atoms with Crippen LogP contribution in [0.4, 0.5) is 0 Å². The quantitative estimate of drug-likeness (QED) is 0.607. The Morgan fingerprint density at radius 2 is 1.65 bits per heavy atom. The van der Waals surface area contributed by atoms with Crippen LogP contribution >= 0.6 is 0 Å². The average Bonchev–Trinajstić information content (AvgIpc) is 3.36. The SMILES string of the molecule is O=C(CCCN1C(=O)c2ccccc2C1=O)N1CCC(S(=O)(=O)Cc2ccco2)CC1. The highest BCUT2D eigenvalue weighted by molar-refractivity contribution is 7.91. The van der Waals surface area contributed by atoms with Crippen molar-refractivity contribution >= 4 is 27.6 Å². The average molecular weight is 445 g/mol. The summed E-state index contributed by atoms with van der Waals surface area (Å²) in [4.78, 5) is 40.1. The third-order valence-electron chi connectivity index (χ3n) is 5.88. The van der Waals surface area contributed by atoms with E-state index in [1.165, 1.54) is 11.2 Å². The molecule has 1 aromatic carbocycles. The van der Waals surface area contributed by atoms with Gasteiger partial charge >= 0.3 is 0 Å². The van der Waals surface area contributed by atoms with E-state index < -0.39 is 15.1 Å². The number of piperidine rings is 1. The molecule has 8 nitrogen and oxygen atoms in total. The second-order valence-corrected chi connectivity index (χ2v) is 10.2. The lowest BCUT2D eigenvalue weighted by Crippen LogP contribution is -2.43. The van der Waals surface area contributed by atoms with E-state index >= 15 is 0 Å². The Hall–Kier alpha value is -2.94. The molecular formula is C22H24N2O6S. The number of hydrogen-bond donors (Lipinski definition) is 0. The van der Waals surface area contributed by atoms with Crippen LogP contribution in [-0.4, -0.2) is 60.8 Å². The van der Waals surface area contributed by atoms with E-state index in [1.807, 2.05) is 0 Å². The van der Waals surface area contributed by atoms with Gasteiger partial charge in [-0.15, -0.1) is 0 Å². The number of nitrogens with zero attached hydrogens (tertiary/aromatic N) is 2. The molecule has 0 spiro atoms. The van der Waals surface area contributed by atoms with Crippen LogP contribution in [0.15, 0.2) is 47.1 Å². The van der Waals surface area contributed by atoms with E-state index in [1.54, 1.807) is 41.3 Å². The minimum absolute atomic E-state index is 0.0847. The third kappa shape index (κ3) is 4.41. The highest BCUT2D eigenvalue weighted by Crippen LogP contribution is 2.24. The normalized spacial score (nSPS) is 17.3. The van der Waals surface area contributed by atoms with E-state index in [0.717, 1.165) is 0 Å². The van der Waals surface area contributed by atoms with E-state index in [9.17, 15) is 22.8 Å². The Balaban J connectivity index is 1.24. The molecule has 1 aromatic heterocycles. The molecular weight excluding hydrogens is 420 g/mol. The van der Waals surface area contributed by atoms with Gasteiger partial charge in [-0.2, -0.15) is 0 Å². The lowest BCUT2D eigenvalue weighted by atomic mass is 10.1. The van der Waals surface area contributed by atoms with Gasteiger partial charge in [0.25, 0.3) is 11.8 Å². The Morgan fingerprint density at radius 1 is 1.00 bits per heavy atom. The van der Waals surface area contributed by atoms with Gasteiger partial charge in [-0.05, 0) is 43.5 Å². The van der Waals surface area contributed by atoms with Crippen LogP contribution in [0.1, 0.15) is 52.2 Å². The van der Waals surface area contributed by atoms with Crippen molar-refractivity contribution in [1.82, 2.24) is 9.80 Å². The summed E-state index contributed by atoms with van der Waals surface area (Å²) in [7, 11) is -3.34. The minimum atomic E-state index is -3.34. The summed E-state index contributed by atoms with van der Waals surface area (Å²) in [5, 5.41) is -0.486. The number of hydrogen-bond acceptors (Lipinski definition) is 6. The molecule has 2 aliphatic heterocycles. The predicted molar refractivity (Wildman–Crippen MR) is 112 cm³/mol. The number of carbonyl (C=O) groups excluding carboxylic acids is 3. The molecule has 2 aromatic rings. The second-order valence-electron chi connectivity index (χ2n) is 7.88.